The van der Waals surface area contributed by atoms with Gasteiger partial charge in [0.25, 0.3) is 0 Å². The molecule has 0 aromatic carbocycles. The van der Waals surface area contributed by atoms with E-state index in [-0.39, 0.29) is 5.95 Å². The predicted molar refractivity (Wildman–Crippen MR) is 61.3 cm³/mol. The third-order valence-corrected chi connectivity index (χ3v) is 2.11. The molecule has 1 rings (SSSR count). The standard InChI is InChI=1S/C11H14N4O2/c1-7-5-8(17-4)14-10(13-7)15-9(16)11(2,3)6-12/h5H,1-4H3,(H,13,14,15,16). The molecule has 1 amide bonds. The summed E-state index contributed by atoms with van der Waals surface area (Å²) in [6, 6.07) is 3.55. The smallest absolute Gasteiger partial charge is 0.246 e. The lowest BCUT2D eigenvalue weighted by molar-refractivity contribution is -0.121. The van der Waals surface area contributed by atoms with Crippen LogP contribution in [0.15, 0.2) is 6.07 Å². The number of hydrogen-bond acceptors (Lipinski definition) is 5. The first kappa shape index (κ1) is 12.9. The van der Waals surface area contributed by atoms with E-state index in [9.17, 15) is 4.79 Å². The topological polar surface area (TPSA) is 87.9 Å². The maximum Gasteiger partial charge on any atom is 0.246 e. The van der Waals surface area contributed by atoms with E-state index in [1.807, 2.05) is 6.07 Å². The van der Waals surface area contributed by atoms with Gasteiger partial charge in [-0.3, -0.25) is 10.1 Å². The highest BCUT2D eigenvalue weighted by molar-refractivity contribution is 5.95. The van der Waals surface area contributed by atoms with Gasteiger partial charge in [-0.2, -0.15) is 10.2 Å². The number of anilines is 1. The number of hydrogen-bond donors (Lipinski definition) is 1. The molecule has 90 valence electrons. The van der Waals surface area contributed by atoms with Gasteiger partial charge >= 0.3 is 0 Å². The Bertz CT molecular complexity index is 477. The highest BCUT2D eigenvalue weighted by Crippen LogP contribution is 2.17. The molecular formula is C11H14N4O2. The quantitative estimate of drug-likeness (QED) is 0.851. The van der Waals surface area contributed by atoms with Crippen LogP contribution in [0.5, 0.6) is 5.88 Å². The van der Waals surface area contributed by atoms with Crippen LogP contribution in [0.3, 0.4) is 0 Å². The van der Waals surface area contributed by atoms with Crippen molar-refractivity contribution < 1.29 is 9.53 Å². The van der Waals surface area contributed by atoms with Gasteiger partial charge in [-0.1, -0.05) is 0 Å². The van der Waals surface area contributed by atoms with Crippen LogP contribution in [0.4, 0.5) is 5.95 Å². The number of carbonyl (C=O) groups is 1. The predicted octanol–water partition coefficient (Wildman–Crippen LogP) is 1.28. The van der Waals surface area contributed by atoms with E-state index in [0.29, 0.717) is 11.6 Å². The molecule has 17 heavy (non-hydrogen) atoms. The number of ether oxygens (including phenoxy) is 1. The van der Waals surface area contributed by atoms with E-state index in [0.717, 1.165) is 0 Å². The lowest BCUT2D eigenvalue weighted by Gasteiger charge is -2.14. The molecule has 1 N–H and O–H groups in total. The molecule has 1 heterocycles. The van der Waals surface area contributed by atoms with Gasteiger partial charge in [-0.15, -0.1) is 0 Å². The number of nitrogens with zero attached hydrogens (tertiary/aromatic N) is 3. The van der Waals surface area contributed by atoms with E-state index in [1.165, 1.54) is 21.0 Å². The maximum absolute atomic E-state index is 11.7. The van der Waals surface area contributed by atoms with E-state index in [2.05, 4.69) is 15.3 Å². The fraction of sp³-hybridized carbons (Fsp3) is 0.455. The number of methoxy groups -OCH3 is 1. The first-order chi connectivity index (χ1) is 7.89. The zero-order chi connectivity index (χ0) is 13.1. The summed E-state index contributed by atoms with van der Waals surface area (Å²) in [5.74, 6) is 0.0467. The van der Waals surface area contributed by atoms with Crippen LogP contribution in [0.1, 0.15) is 19.5 Å². The molecule has 1 aromatic rings. The molecule has 6 nitrogen and oxygen atoms in total. The molecule has 0 saturated carbocycles. The third kappa shape index (κ3) is 3.14. The zero-order valence-corrected chi connectivity index (χ0v) is 10.2. The number of nitrogens with one attached hydrogen (secondary N) is 1. The van der Waals surface area contributed by atoms with E-state index in [4.69, 9.17) is 10.00 Å². The molecule has 0 saturated heterocycles. The van der Waals surface area contributed by atoms with Gasteiger partial charge < -0.3 is 4.74 Å². The first-order valence-corrected chi connectivity index (χ1v) is 5.01. The third-order valence-electron chi connectivity index (χ3n) is 2.11. The summed E-state index contributed by atoms with van der Waals surface area (Å²) in [4.78, 5) is 19.7. The molecule has 0 aliphatic carbocycles. The Kier molecular flexibility index (Phi) is 3.63. The van der Waals surface area contributed by atoms with Crippen LogP contribution >= 0.6 is 0 Å². The number of nitriles is 1. The normalized spacial score (nSPS) is 10.5. The molecule has 1 aromatic heterocycles. The van der Waals surface area contributed by atoms with E-state index in [1.54, 1.807) is 13.0 Å². The van der Waals surface area contributed by atoms with Crippen molar-refractivity contribution in [1.82, 2.24) is 9.97 Å². The Balaban J connectivity index is 2.93. The zero-order valence-electron chi connectivity index (χ0n) is 10.2. The van der Waals surface area contributed by atoms with Crippen LogP contribution in [-0.2, 0) is 4.79 Å². The fourth-order valence-corrected chi connectivity index (χ4v) is 1.01. The molecule has 0 unspecified atom stereocenters. The number of aryl methyl sites for hydroxylation is 1. The van der Waals surface area contributed by atoms with Crippen molar-refractivity contribution in [2.45, 2.75) is 20.8 Å². The lowest BCUT2D eigenvalue weighted by Crippen LogP contribution is -2.30. The molecule has 0 spiro atoms. The highest BCUT2D eigenvalue weighted by Gasteiger charge is 2.28. The first-order valence-electron chi connectivity index (χ1n) is 5.01. The summed E-state index contributed by atoms with van der Waals surface area (Å²) in [6.45, 7) is 4.81. The number of rotatable bonds is 3. The van der Waals surface area contributed by atoms with E-state index >= 15 is 0 Å². The van der Waals surface area contributed by atoms with Crippen molar-refractivity contribution in [3.05, 3.63) is 11.8 Å². The van der Waals surface area contributed by atoms with Crippen LogP contribution in [-0.4, -0.2) is 23.0 Å². The second-order valence-electron chi connectivity index (χ2n) is 4.07. The monoisotopic (exact) mass is 234 g/mol. The molecule has 0 atom stereocenters. The molecule has 0 aliphatic heterocycles. The van der Waals surface area contributed by atoms with Gasteiger partial charge in [-0.25, -0.2) is 4.98 Å². The van der Waals surface area contributed by atoms with Crippen molar-refractivity contribution in [3.8, 4) is 11.9 Å². The SMILES string of the molecule is COc1cc(C)nc(NC(=O)C(C)(C)C#N)n1. The van der Waals surface area contributed by atoms with Gasteiger partial charge in [-0.05, 0) is 20.8 Å². The second kappa shape index (κ2) is 4.78. The van der Waals surface area contributed by atoms with Crippen molar-refractivity contribution >= 4 is 11.9 Å². The largest absolute Gasteiger partial charge is 0.481 e. The second-order valence-corrected chi connectivity index (χ2v) is 4.07. The average Bonchev–Trinajstić information content (AvgIpc) is 2.28. The summed E-state index contributed by atoms with van der Waals surface area (Å²) in [5.41, 5.74) is -0.456. The van der Waals surface area contributed by atoms with Gasteiger partial charge in [0, 0.05) is 11.8 Å². The summed E-state index contributed by atoms with van der Waals surface area (Å²) in [5, 5.41) is 11.3. The van der Waals surface area contributed by atoms with Gasteiger partial charge in [0.1, 0.15) is 5.41 Å². The molecular weight excluding hydrogens is 220 g/mol. The summed E-state index contributed by atoms with van der Waals surface area (Å²) in [7, 11) is 1.48. The minimum atomic E-state index is -1.12. The van der Waals surface area contributed by atoms with Crippen LogP contribution in [0.2, 0.25) is 0 Å². The number of aromatic nitrogens is 2. The maximum atomic E-state index is 11.7. The Morgan fingerprint density at radius 2 is 2.18 bits per heavy atom. The Morgan fingerprint density at radius 1 is 1.53 bits per heavy atom. The van der Waals surface area contributed by atoms with Crippen LogP contribution in [0.25, 0.3) is 0 Å². The molecule has 0 fully saturated rings. The molecule has 6 heteroatoms. The Morgan fingerprint density at radius 3 is 2.71 bits per heavy atom. The van der Waals surface area contributed by atoms with Gasteiger partial charge in [0.05, 0.1) is 13.2 Å². The number of amides is 1. The van der Waals surface area contributed by atoms with Crippen LogP contribution in [0, 0.1) is 23.7 Å². The lowest BCUT2D eigenvalue weighted by atomic mass is 9.95. The van der Waals surface area contributed by atoms with Gasteiger partial charge in [0.2, 0.25) is 17.7 Å². The Hall–Kier alpha value is -2.16. The number of carbonyl (C=O) groups excluding carboxylic acids is 1. The minimum absolute atomic E-state index is 0.134. The summed E-state index contributed by atoms with van der Waals surface area (Å²) in [6.07, 6.45) is 0. The molecule has 0 radical (unpaired) electrons. The summed E-state index contributed by atoms with van der Waals surface area (Å²) >= 11 is 0. The average molecular weight is 234 g/mol. The summed E-state index contributed by atoms with van der Waals surface area (Å²) < 4.78 is 4.96. The van der Waals surface area contributed by atoms with E-state index < -0.39 is 11.3 Å². The minimum Gasteiger partial charge on any atom is -0.481 e. The Labute approximate surface area is 99.6 Å². The van der Waals surface area contributed by atoms with Crippen molar-refractivity contribution in [2.24, 2.45) is 5.41 Å². The van der Waals surface area contributed by atoms with Crippen LogP contribution < -0.4 is 10.1 Å². The molecule has 0 aliphatic rings. The molecule has 0 bridgehead atoms. The highest BCUT2D eigenvalue weighted by atomic mass is 16.5. The van der Waals surface area contributed by atoms with Crippen molar-refractivity contribution in [3.63, 3.8) is 0 Å². The fourth-order valence-electron chi connectivity index (χ4n) is 1.01. The van der Waals surface area contributed by atoms with Crippen molar-refractivity contribution in [2.75, 3.05) is 12.4 Å². The van der Waals surface area contributed by atoms with Gasteiger partial charge in [0.15, 0.2) is 0 Å². The van der Waals surface area contributed by atoms with Crippen molar-refractivity contribution in [1.29, 1.82) is 5.26 Å².